The smallest absolute Gasteiger partial charge is 0.321 e. The standard InChI is InChI=1S/C19H28N2O3/c1-2-3-4-16-17(8-10-21-18(16)19(22)23)24-15-6-5-14-12-20-9-7-13(14)11-15/h5-6,11,16-18,20-21H,2-4,7-10,12H2,1H3,(H,22,23). The predicted molar refractivity (Wildman–Crippen MR) is 93.3 cm³/mol. The lowest BCUT2D eigenvalue weighted by molar-refractivity contribution is -0.143. The normalized spacial score (nSPS) is 26.6. The number of nitrogens with one attached hydrogen (secondary N) is 2. The highest BCUT2D eigenvalue weighted by Crippen LogP contribution is 2.29. The van der Waals surface area contributed by atoms with Gasteiger partial charge in [0, 0.05) is 12.5 Å². The average molecular weight is 332 g/mol. The lowest BCUT2D eigenvalue weighted by atomic mass is 9.84. The second-order valence-corrected chi connectivity index (χ2v) is 6.88. The van der Waals surface area contributed by atoms with Gasteiger partial charge in [-0.15, -0.1) is 0 Å². The van der Waals surface area contributed by atoms with Crippen LogP contribution in [0.3, 0.4) is 0 Å². The fraction of sp³-hybridized carbons (Fsp3) is 0.632. The van der Waals surface area contributed by atoms with E-state index in [-0.39, 0.29) is 12.0 Å². The Labute approximate surface area is 143 Å². The molecule has 0 aromatic heterocycles. The van der Waals surface area contributed by atoms with Gasteiger partial charge in [0.2, 0.25) is 0 Å². The summed E-state index contributed by atoms with van der Waals surface area (Å²) in [4.78, 5) is 11.6. The molecule has 1 fully saturated rings. The molecule has 1 saturated heterocycles. The third-order valence-electron chi connectivity index (χ3n) is 5.21. The molecule has 3 atom stereocenters. The number of carboxylic acid groups (broad SMARTS) is 1. The molecule has 3 N–H and O–H groups in total. The first kappa shape index (κ1) is 17.2. The van der Waals surface area contributed by atoms with Gasteiger partial charge in [0.25, 0.3) is 0 Å². The number of unbranched alkanes of at least 4 members (excludes halogenated alkanes) is 1. The Balaban J connectivity index is 1.74. The highest BCUT2D eigenvalue weighted by molar-refractivity contribution is 5.74. The minimum Gasteiger partial charge on any atom is -0.490 e. The van der Waals surface area contributed by atoms with Crippen molar-refractivity contribution in [2.75, 3.05) is 13.1 Å². The van der Waals surface area contributed by atoms with E-state index in [1.54, 1.807) is 0 Å². The molecule has 1 aromatic rings. The molecule has 0 amide bonds. The topological polar surface area (TPSA) is 70.6 Å². The summed E-state index contributed by atoms with van der Waals surface area (Å²) in [6.45, 7) is 4.76. The number of piperidine rings is 1. The van der Waals surface area contributed by atoms with Crippen molar-refractivity contribution in [2.45, 2.75) is 57.7 Å². The molecule has 132 valence electrons. The Morgan fingerprint density at radius 2 is 2.21 bits per heavy atom. The van der Waals surface area contributed by atoms with E-state index in [9.17, 15) is 9.90 Å². The average Bonchev–Trinajstić information content (AvgIpc) is 2.60. The van der Waals surface area contributed by atoms with Crippen molar-refractivity contribution in [3.63, 3.8) is 0 Å². The molecule has 24 heavy (non-hydrogen) atoms. The zero-order valence-corrected chi connectivity index (χ0v) is 14.4. The molecule has 5 nitrogen and oxygen atoms in total. The van der Waals surface area contributed by atoms with Crippen molar-refractivity contribution in [1.82, 2.24) is 10.6 Å². The number of hydrogen-bond acceptors (Lipinski definition) is 4. The van der Waals surface area contributed by atoms with Crippen molar-refractivity contribution in [3.8, 4) is 5.75 Å². The summed E-state index contributed by atoms with van der Waals surface area (Å²) >= 11 is 0. The summed E-state index contributed by atoms with van der Waals surface area (Å²) in [6.07, 6.45) is 4.85. The summed E-state index contributed by atoms with van der Waals surface area (Å²) in [7, 11) is 0. The van der Waals surface area contributed by atoms with Gasteiger partial charge in [-0.25, -0.2) is 0 Å². The van der Waals surface area contributed by atoms with Crippen LogP contribution in [0.1, 0.15) is 43.7 Å². The molecule has 2 aliphatic heterocycles. The lowest BCUT2D eigenvalue weighted by Gasteiger charge is -2.37. The molecule has 0 spiro atoms. The van der Waals surface area contributed by atoms with Gasteiger partial charge in [-0.3, -0.25) is 4.79 Å². The van der Waals surface area contributed by atoms with E-state index in [1.807, 2.05) is 6.07 Å². The quantitative estimate of drug-likeness (QED) is 0.746. The maximum atomic E-state index is 11.6. The SMILES string of the molecule is CCCCC1C(Oc2ccc3c(c2)CCNC3)CCNC1C(=O)O. The van der Waals surface area contributed by atoms with Gasteiger partial charge in [0.05, 0.1) is 0 Å². The van der Waals surface area contributed by atoms with Gasteiger partial charge in [0.1, 0.15) is 17.9 Å². The highest BCUT2D eigenvalue weighted by Gasteiger charge is 2.38. The molecule has 3 unspecified atom stereocenters. The first-order chi connectivity index (χ1) is 11.7. The molecule has 2 heterocycles. The number of carbonyl (C=O) groups is 1. The van der Waals surface area contributed by atoms with Crippen LogP contribution in [0.15, 0.2) is 18.2 Å². The Kier molecular flexibility index (Phi) is 5.74. The van der Waals surface area contributed by atoms with E-state index >= 15 is 0 Å². The molecule has 0 saturated carbocycles. The van der Waals surface area contributed by atoms with Crippen molar-refractivity contribution in [2.24, 2.45) is 5.92 Å². The maximum Gasteiger partial charge on any atom is 0.321 e. The summed E-state index contributed by atoms with van der Waals surface area (Å²) in [6, 6.07) is 5.80. The summed E-state index contributed by atoms with van der Waals surface area (Å²) < 4.78 is 6.29. The Bertz CT molecular complexity index is 576. The van der Waals surface area contributed by atoms with E-state index in [4.69, 9.17) is 4.74 Å². The van der Waals surface area contributed by atoms with Crippen LogP contribution in [0.2, 0.25) is 0 Å². The van der Waals surface area contributed by atoms with Crippen molar-refractivity contribution < 1.29 is 14.6 Å². The number of benzene rings is 1. The van der Waals surface area contributed by atoms with E-state index in [0.717, 1.165) is 50.9 Å². The van der Waals surface area contributed by atoms with Crippen LogP contribution < -0.4 is 15.4 Å². The summed E-state index contributed by atoms with van der Waals surface area (Å²) in [5.41, 5.74) is 2.69. The number of hydrogen-bond donors (Lipinski definition) is 3. The van der Waals surface area contributed by atoms with E-state index < -0.39 is 12.0 Å². The zero-order valence-electron chi connectivity index (χ0n) is 14.4. The monoisotopic (exact) mass is 332 g/mol. The number of fused-ring (bicyclic) bond motifs is 1. The van der Waals surface area contributed by atoms with Gasteiger partial charge >= 0.3 is 5.97 Å². The summed E-state index contributed by atoms with van der Waals surface area (Å²) in [5, 5.41) is 16.1. The molecule has 5 heteroatoms. The summed E-state index contributed by atoms with van der Waals surface area (Å²) in [5.74, 6) is 0.142. The Hall–Kier alpha value is -1.59. The van der Waals surface area contributed by atoms with Crippen molar-refractivity contribution in [1.29, 1.82) is 0 Å². The first-order valence-corrected chi connectivity index (χ1v) is 9.14. The number of rotatable bonds is 6. The highest BCUT2D eigenvalue weighted by atomic mass is 16.5. The van der Waals surface area contributed by atoms with Gasteiger partial charge < -0.3 is 20.5 Å². The fourth-order valence-electron chi connectivity index (χ4n) is 3.87. The molecule has 0 bridgehead atoms. The minimum atomic E-state index is -0.763. The van der Waals surface area contributed by atoms with Crippen LogP contribution in [0, 0.1) is 5.92 Å². The Morgan fingerprint density at radius 1 is 1.33 bits per heavy atom. The largest absolute Gasteiger partial charge is 0.490 e. The predicted octanol–water partition coefficient (Wildman–Crippen LogP) is 2.33. The molecule has 0 radical (unpaired) electrons. The van der Waals surface area contributed by atoms with Gasteiger partial charge in [-0.05, 0) is 55.6 Å². The number of carboxylic acids is 1. The van der Waals surface area contributed by atoms with Crippen LogP contribution in [0.5, 0.6) is 5.75 Å². The van der Waals surface area contributed by atoms with Crippen LogP contribution in [-0.4, -0.2) is 36.3 Å². The van der Waals surface area contributed by atoms with E-state index in [1.165, 1.54) is 11.1 Å². The van der Waals surface area contributed by atoms with Crippen molar-refractivity contribution in [3.05, 3.63) is 29.3 Å². The molecule has 0 aliphatic carbocycles. The number of ether oxygens (including phenoxy) is 1. The van der Waals surface area contributed by atoms with Crippen molar-refractivity contribution >= 4 is 5.97 Å². The van der Waals surface area contributed by atoms with Gasteiger partial charge in [-0.2, -0.15) is 0 Å². The second kappa shape index (κ2) is 7.99. The van der Waals surface area contributed by atoms with E-state index in [0.29, 0.717) is 6.54 Å². The van der Waals surface area contributed by atoms with Gasteiger partial charge in [-0.1, -0.05) is 25.8 Å². The van der Waals surface area contributed by atoms with Crippen LogP contribution in [0.4, 0.5) is 0 Å². The zero-order chi connectivity index (χ0) is 16.9. The molecular formula is C19H28N2O3. The third-order valence-corrected chi connectivity index (χ3v) is 5.21. The lowest BCUT2D eigenvalue weighted by Crippen LogP contribution is -2.54. The molecular weight excluding hydrogens is 304 g/mol. The minimum absolute atomic E-state index is 0.0221. The number of aliphatic carboxylic acids is 1. The molecule has 3 rings (SSSR count). The van der Waals surface area contributed by atoms with Gasteiger partial charge in [0.15, 0.2) is 0 Å². The maximum absolute atomic E-state index is 11.6. The molecule has 1 aromatic carbocycles. The van der Waals surface area contributed by atoms with Crippen LogP contribution in [0.25, 0.3) is 0 Å². The van der Waals surface area contributed by atoms with Crippen LogP contribution in [-0.2, 0) is 17.8 Å². The Morgan fingerprint density at radius 3 is 3.00 bits per heavy atom. The van der Waals surface area contributed by atoms with E-state index in [2.05, 4.69) is 29.7 Å². The fourth-order valence-corrected chi connectivity index (χ4v) is 3.87. The third kappa shape index (κ3) is 3.90. The van der Waals surface area contributed by atoms with Crippen LogP contribution >= 0.6 is 0 Å². The molecule has 2 aliphatic rings. The second-order valence-electron chi connectivity index (χ2n) is 6.88. The first-order valence-electron chi connectivity index (χ1n) is 9.14.